The van der Waals surface area contributed by atoms with Gasteiger partial charge in [-0.15, -0.1) is 0 Å². The summed E-state index contributed by atoms with van der Waals surface area (Å²) in [4.78, 5) is 0. The number of sulfonamides is 1. The van der Waals surface area contributed by atoms with E-state index < -0.39 is 10.0 Å². The van der Waals surface area contributed by atoms with Crippen LogP contribution in [0, 0.1) is 0 Å². The third-order valence-corrected chi connectivity index (χ3v) is 3.55. The molecule has 0 saturated heterocycles. The molecule has 0 saturated carbocycles. The molecule has 0 bridgehead atoms. The summed E-state index contributed by atoms with van der Waals surface area (Å²) in [5, 5.41) is 4.19. The SMILES string of the molecule is CS(=O)(=O)Nc1ccc(Nc2ccc(Cl)cc2Cl)cc1. The van der Waals surface area contributed by atoms with Crippen LogP contribution in [0.1, 0.15) is 0 Å². The van der Waals surface area contributed by atoms with E-state index in [9.17, 15) is 8.42 Å². The molecule has 106 valence electrons. The number of hydrogen-bond acceptors (Lipinski definition) is 3. The first-order valence-electron chi connectivity index (χ1n) is 5.63. The van der Waals surface area contributed by atoms with Crippen molar-refractivity contribution >= 4 is 50.3 Å². The average Bonchev–Trinajstić information content (AvgIpc) is 2.33. The molecule has 0 fully saturated rings. The third-order valence-electron chi connectivity index (χ3n) is 2.40. The van der Waals surface area contributed by atoms with Gasteiger partial charge in [0.25, 0.3) is 0 Å². The zero-order valence-corrected chi connectivity index (χ0v) is 12.9. The molecule has 0 amide bonds. The van der Waals surface area contributed by atoms with E-state index in [1.54, 1.807) is 42.5 Å². The lowest BCUT2D eigenvalue weighted by atomic mass is 10.2. The molecule has 0 heterocycles. The maximum atomic E-state index is 11.1. The molecular weight excluding hydrogens is 319 g/mol. The Morgan fingerprint density at radius 1 is 0.950 bits per heavy atom. The lowest BCUT2D eigenvalue weighted by Crippen LogP contribution is -2.09. The monoisotopic (exact) mass is 330 g/mol. The Morgan fingerprint density at radius 2 is 1.55 bits per heavy atom. The second kappa shape index (κ2) is 5.91. The molecule has 0 aromatic heterocycles. The predicted molar refractivity (Wildman–Crippen MR) is 84.7 cm³/mol. The van der Waals surface area contributed by atoms with Crippen LogP contribution in [0.5, 0.6) is 0 Å². The fourth-order valence-corrected chi connectivity index (χ4v) is 2.60. The topological polar surface area (TPSA) is 58.2 Å². The van der Waals surface area contributed by atoms with Crippen molar-refractivity contribution in [1.29, 1.82) is 0 Å². The number of rotatable bonds is 4. The normalized spacial score (nSPS) is 11.2. The van der Waals surface area contributed by atoms with Crippen LogP contribution >= 0.6 is 23.2 Å². The van der Waals surface area contributed by atoms with Gasteiger partial charge in [-0.3, -0.25) is 4.72 Å². The molecule has 2 aromatic carbocycles. The Hall–Kier alpha value is -1.43. The van der Waals surface area contributed by atoms with Crippen molar-refractivity contribution in [2.45, 2.75) is 0 Å². The first-order valence-corrected chi connectivity index (χ1v) is 8.28. The molecule has 0 aliphatic rings. The minimum absolute atomic E-state index is 0.500. The summed E-state index contributed by atoms with van der Waals surface area (Å²) in [6.07, 6.45) is 1.10. The highest BCUT2D eigenvalue weighted by Crippen LogP contribution is 2.28. The van der Waals surface area contributed by atoms with Crippen LogP contribution in [0.3, 0.4) is 0 Å². The zero-order chi connectivity index (χ0) is 14.8. The smallest absolute Gasteiger partial charge is 0.229 e. The Balaban J connectivity index is 2.14. The van der Waals surface area contributed by atoms with E-state index in [0.717, 1.165) is 17.6 Å². The largest absolute Gasteiger partial charge is 0.354 e. The van der Waals surface area contributed by atoms with Gasteiger partial charge in [0.05, 0.1) is 17.0 Å². The Bertz CT molecular complexity index is 716. The summed E-state index contributed by atoms with van der Waals surface area (Å²) in [7, 11) is -3.27. The molecular formula is C13H12Cl2N2O2S. The molecule has 0 spiro atoms. The van der Waals surface area contributed by atoms with Crippen molar-refractivity contribution in [3.63, 3.8) is 0 Å². The molecule has 0 aliphatic carbocycles. The Kier molecular flexibility index (Phi) is 4.42. The summed E-state index contributed by atoms with van der Waals surface area (Å²) in [6.45, 7) is 0. The van der Waals surface area contributed by atoms with Crippen LogP contribution in [-0.4, -0.2) is 14.7 Å². The lowest BCUT2D eigenvalue weighted by molar-refractivity contribution is 0.607. The third kappa shape index (κ3) is 4.30. The van der Waals surface area contributed by atoms with Crippen LogP contribution in [0.15, 0.2) is 42.5 Å². The van der Waals surface area contributed by atoms with Crippen molar-refractivity contribution in [3.05, 3.63) is 52.5 Å². The second-order valence-corrected chi connectivity index (χ2v) is 6.79. The fourth-order valence-electron chi connectivity index (χ4n) is 1.58. The quantitative estimate of drug-likeness (QED) is 0.886. The molecule has 0 radical (unpaired) electrons. The van der Waals surface area contributed by atoms with E-state index in [-0.39, 0.29) is 0 Å². The highest BCUT2D eigenvalue weighted by molar-refractivity contribution is 7.92. The minimum Gasteiger partial charge on any atom is -0.354 e. The van der Waals surface area contributed by atoms with Crippen molar-refractivity contribution in [2.75, 3.05) is 16.3 Å². The molecule has 7 heteroatoms. The van der Waals surface area contributed by atoms with Gasteiger partial charge in [-0.25, -0.2) is 8.42 Å². The first-order chi connectivity index (χ1) is 9.33. The van der Waals surface area contributed by atoms with Crippen LogP contribution in [0.25, 0.3) is 0 Å². The standard InChI is InChI=1S/C13H12Cl2N2O2S/c1-20(18,19)17-11-5-3-10(4-6-11)16-13-7-2-9(14)8-12(13)15/h2-8,16-17H,1H3. The van der Waals surface area contributed by atoms with Crippen LogP contribution < -0.4 is 10.0 Å². The van der Waals surface area contributed by atoms with Crippen LogP contribution in [-0.2, 0) is 10.0 Å². The zero-order valence-electron chi connectivity index (χ0n) is 10.5. The molecule has 0 atom stereocenters. The van der Waals surface area contributed by atoms with Crippen LogP contribution in [0.4, 0.5) is 17.1 Å². The van der Waals surface area contributed by atoms with E-state index in [1.807, 2.05) is 0 Å². The van der Waals surface area contributed by atoms with Gasteiger partial charge in [0.2, 0.25) is 10.0 Å². The molecule has 2 aromatic rings. The highest BCUT2D eigenvalue weighted by Gasteiger charge is 2.04. The molecule has 4 nitrogen and oxygen atoms in total. The molecule has 2 rings (SSSR count). The maximum Gasteiger partial charge on any atom is 0.229 e. The van der Waals surface area contributed by atoms with E-state index in [2.05, 4.69) is 10.0 Å². The summed E-state index contributed by atoms with van der Waals surface area (Å²) in [5.41, 5.74) is 2.01. The van der Waals surface area contributed by atoms with Gasteiger partial charge >= 0.3 is 0 Å². The van der Waals surface area contributed by atoms with Crippen molar-refractivity contribution in [2.24, 2.45) is 0 Å². The van der Waals surface area contributed by atoms with Crippen molar-refractivity contribution in [3.8, 4) is 0 Å². The molecule has 2 N–H and O–H groups in total. The second-order valence-electron chi connectivity index (χ2n) is 4.20. The van der Waals surface area contributed by atoms with E-state index in [1.165, 1.54) is 0 Å². The van der Waals surface area contributed by atoms with Crippen molar-refractivity contribution < 1.29 is 8.42 Å². The number of anilines is 3. The Morgan fingerprint density at radius 3 is 2.10 bits per heavy atom. The summed E-state index contributed by atoms with van der Waals surface area (Å²) in [5.74, 6) is 0. The van der Waals surface area contributed by atoms with Gasteiger partial charge in [0, 0.05) is 16.4 Å². The lowest BCUT2D eigenvalue weighted by Gasteiger charge is -2.10. The fraction of sp³-hybridized carbons (Fsp3) is 0.0769. The molecule has 0 aliphatic heterocycles. The molecule has 0 unspecified atom stereocenters. The predicted octanol–water partition coefficient (Wildman–Crippen LogP) is 4.11. The van der Waals surface area contributed by atoms with Crippen LogP contribution in [0.2, 0.25) is 10.0 Å². The number of benzene rings is 2. The maximum absolute atomic E-state index is 11.1. The Labute approximate surface area is 127 Å². The van der Waals surface area contributed by atoms with E-state index in [0.29, 0.717) is 15.7 Å². The van der Waals surface area contributed by atoms with Gasteiger partial charge in [-0.1, -0.05) is 23.2 Å². The van der Waals surface area contributed by atoms with Crippen molar-refractivity contribution in [1.82, 2.24) is 0 Å². The van der Waals surface area contributed by atoms with Gasteiger partial charge in [-0.2, -0.15) is 0 Å². The molecule has 20 heavy (non-hydrogen) atoms. The first kappa shape index (κ1) is 15.0. The van der Waals surface area contributed by atoms with Gasteiger partial charge < -0.3 is 5.32 Å². The summed E-state index contributed by atoms with van der Waals surface area (Å²) >= 11 is 11.9. The van der Waals surface area contributed by atoms with Gasteiger partial charge in [0.1, 0.15) is 0 Å². The average molecular weight is 331 g/mol. The summed E-state index contributed by atoms with van der Waals surface area (Å²) < 4.78 is 24.6. The number of halogens is 2. The van der Waals surface area contributed by atoms with Gasteiger partial charge in [-0.05, 0) is 42.5 Å². The highest BCUT2D eigenvalue weighted by atomic mass is 35.5. The number of hydrogen-bond donors (Lipinski definition) is 2. The summed E-state index contributed by atoms with van der Waals surface area (Å²) in [6, 6.07) is 12.0. The van der Waals surface area contributed by atoms with E-state index in [4.69, 9.17) is 23.2 Å². The minimum atomic E-state index is -3.27. The van der Waals surface area contributed by atoms with Gasteiger partial charge in [0.15, 0.2) is 0 Å². The number of nitrogens with one attached hydrogen (secondary N) is 2. The van der Waals surface area contributed by atoms with E-state index >= 15 is 0 Å².